The molecule has 0 saturated carbocycles. The minimum absolute atomic E-state index is 0.168. The summed E-state index contributed by atoms with van der Waals surface area (Å²) in [6.07, 6.45) is 8.15. The maximum Gasteiger partial charge on any atom is 0.120 e. The Morgan fingerprint density at radius 3 is 2.82 bits per heavy atom. The highest BCUT2D eigenvalue weighted by Crippen LogP contribution is 2.24. The van der Waals surface area contributed by atoms with Gasteiger partial charge in [0.05, 0.1) is 0 Å². The van der Waals surface area contributed by atoms with E-state index in [1.54, 1.807) is 6.07 Å². The standard InChI is InChI=1S/C15H21NO/c1-4-5-6-7-10-16-13(3)14-9-8-12(2)11-15(14)17/h1,8-9,11,13,16-17H,5-7,10H2,2-3H3. The Balaban J connectivity index is 2.42. The molecule has 0 amide bonds. The predicted molar refractivity (Wildman–Crippen MR) is 71.9 cm³/mol. The van der Waals surface area contributed by atoms with E-state index in [4.69, 9.17) is 6.42 Å². The molecule has 2 N–H and O–H groups in total. The van der Waals surface area contributed by atoms with Gasteiger partial charge in [-0.05, 0) is 44.9 Å². The molecule has 1 rings (SSSR count). The zero-order chi connectivity index (χ0) is 12.7. The fraction of sp³-hybridized carbons (Fsp3) is 0.467. The van der Waals surface area contributed by atoms with Crippen LogP contribution in [0, 0.1) is 19.3 Å². The van der Waals surface area contributed by atoms with Crippen molar-refractivity contribution >= 4 is 0 Å². The lowest BCUT2D eigenvalue weighted by atomic mass is 10.0. The summed E-state index contributed by atoms with van der Waals surface area (Å²) in [5.74, 6) is 3.00. The fourth-order valence-corrected chi connectivity index (χ4v) is 1.80. The molecule has 0 radical (unpaired) electrons. The van der Waals surface area contributed by atoms with Crippen LogP contribution in [0.3, 0.4) is 0 Å². The van der Waals surface area contributed by atoms with E-state index in [0.717, 1.165) is 36.9 Å². The molecule has 17 heavy (non-hydrogen) atoms. The second-order valence-corrected chi connectivity index (χ2v) is 4.40. The van der Waals surface area contributed by atoms with Gasteiger partial charge >= 0.3 is 0 Å². The van der Waals surface area contributed by atoms with Crippen molar-refractivity contribution in [1.82, 2.24) is 5.32 Å². The second-order valence-electron chi connectivity index (χ2n) is 4.40. The third-order valence-corrected chi connectivity index (χ3v) is 2.85. The first-order valence-corrected chi connectivity index (χ1v) is 6.11. The molecule has 0 aliphatic heterocycles. The largest absolute Gasteiger partial charge is 0.508 e. The summed E-state index contributed by atoms with van der Waals surface area (Å²) in [6.45, 7) is 4.96. The van der Waals surface area contributed by atoms with Crippen molar-refractivity contribution in [3.63, 3.8) is 0 Å². The minimum Gasteiger partial charge on any atom is -0.508 e. The number of aryl methyl sites for hydroxylation is 1. The van der Waals surface area contributed by atoms with Crippen molar-refractivity contribution in [3.05, 3.63) is 29.3 Å². The van der Waals surface area contributed by atoms with E-state index in [2.05, 4.69) is 18.2 Å². The molecule has 0 fully saturated rings. The third-order valence-electron chi connectivity index (χ3n) is 2.85. The molecule has 92 valence electrons. The van der Waals surface area contributed by atoms with E-state index in [1.807, 2.05) is 19.1 Å². The van der Waals surface area contributed by atoms with Crippen molar-refractivity contribution in [2.45, 2.75) is 39.2 Å². The Morgan fingerprint density at radius 1 is 1.41 bits per heavy atom. The molecule has 0 saturated heterocycles. The van der Waals surface area contributed by atoms with Crippen molar-refractivity contribution in [2.75, 3.05) is 6.54 Å². The molecule has 2 nitrogen and oxygen atoms in total. The van der Waals surface area contributed by atoms with Gasteiger partial charge in [-0.2, -0.15) is 0 Å². The number of nitrogens with one attached hydrogen (secondary N) is 1. The lowest BCUT2D eigenvalue weighted by molar-refractivity contribution is 0.450. The highest BCUT2D eigenvalue weighted by Gasteiger charge is 2.08. The summed E-state index contributed by atoms with van der Waals surface area (Å²) in [4.78, 5) is 0. The molecule has 0 spiro atoms. The molecule has 0 aliphatic carbocycles. The first-order valence-electron chi connectivity index (χ1n) is 6.11. The van der Waals surface area contributed by atoms with Crippen LogP contribution in [0.4, 0.5) is 0 Å². The van der Waals surface area contributed by atoms with Crippen molar-refractivity contribution in [3.8, 4) is 18.1 Å². The van der Waals surface area contributed by atoms with Crippen LogP contribution in [-0.2, 0) is 0 Å². The summed E-state index contributed by atoms with van der Waals surface area (Å²) in [6, 6.07) is 5.96. The van der Waals surface area contributed by atoms with Crippen LogP contribution in [0.25, 0.3) is 0 Å². The van der Waals surface area contributed by atoms with Gasteiger partial charge in [-0.1, -0.05) is 12.1 Å². The van der Waals surface area contributed by atoms with Crippen LogP contribution in [0.15, 0.2) is 18.2 Å². The average molecular weight is 231 g/mol. The number of phenols is 1. The number of benzene rings is 1. The lowest BCUT2D eigenvalue weighted by Gasteiger charge is -2.15. The van der Waals surface area contributed by atoms with Gasteiger partial charge in [0.25, 0.3) is 0 Å². The summed E-state index contributed by atoms with van der Waals surface area (Å²) >= 11 is 0. The maximum absolute atomic E-state index is 9.84. The van der Waals surface area contributed by atoms with Crippen LogP contribution in [0.5, 0.6) is 5.75 Å². The lowest BCUT2D eigenvalue weighted by Crippen LogP contribution is -2.19. The van der Waals surface area contributed by atoms with Gasteiger partial charge in [0.2, 0.25) is 0 Å². The van der Waals surface area contributed by atoms with E-state index in [9.17, 15) is 5.11 Å². The van der Waals surface area contributed by atoms with Crippen LogP contribution in [0.1, 0.15) is 43.4 Å². The molecule has 1 aromatic rings. The maximum atomic E-state index is 9.84. The third kappa shape index (κ3) is 4.50. The zero-order valence-corrected chi connectivity index (χ0v) is 10.7. The quantitative estimate of drug-likeness (QED) is 0.582. The molecule has 0 bridgehead atoms. The van der Waals surface area contributed by atoms with E-state index < -0.39 is 0 Å². The topological polar surface area (TPSA) is 32.3 Å². The van der Waals surface area contributed by atoms with E-state index in [1.165, 1.54) is 0 Å². The summed E-state index contributed by atoms with van der Waals surface area (Å²) < 4.78 is 0. The second kappa shape index (κ2) is 6.98. The summed E-state index contributed by atoms with van der Waals surface area (Å²) in [5, 5.41) is 13.2. The molecule has 1 unspecified atom stereocenters. The molecule has 0 aliphatic rings. The normalized spacial score (nSPS) is 12.1. The summed E-state index contributed by atoms with van der Waals surface area (Å²) in [7, 11) is 0. The Bertz CT molecular complexity index is 392. The predicted octanol–water partition coefficient (Wildman–Crippen LogP) is 3.15. The first kappa shape index (κ1) is 13.6. The zero-order valence-electron chi connectivity index (χ0n) is 10.7. The Kier molecular flexibility index (Phi) is 5.59. The highest BCUT2D eigenvalue weighted by molar-refractivity contribution is 5.37. The van der Waals surface area contributed by atoms with Crippen molar-refractivity contribution < 1.29 is 5.11 Å². The number of phenolic OH excluding ortho intramolecular Hbond substituents is 1. The number of aromatic hydroxyl groups is 1. The van der Waals surface area contributed by atoms with Gasteiger partial charge in [0.15, 0.2) is 0 Å². The first-order chi connectivity index (χ1) is 8.15. The smallest absolute Gasteiger partial charge is 0.120 e. The molecule has 1 aromatic carbocycles. The number of hydrogen-bond acceptors (Lipinski definition) is 2. The van der Waals surface area contributed by atoms with Gasteiger partial charge < -0.3 is 10.4 Å². The monoisotopic (exact) mass is 231 g/mol. The average Bonchev–Trinajstić information content (AvgIpc) is 2.28. The number of unbranched alkanes of at least 4 members (excludes halogenated alkanes) is 2. The van der Waals surface area contributed by atoms with E-state index >= 15 is 0 Å². The number of rotatable bonds is 6. The fourth-order valence-electron chi connectivity index (χ4n) is 1.80. The van der Waals surface area contributed by atoms with E-state index in [-0.39, 0.29) is 6.04 Å². The van der Waals surface area contributed by atoms with Gasteiger partial charge in [0.1, 0.15) is 5.75 Å². The van der Waals surface area contributed by atoms with E-state index in [0.29, 0.717) is 5.75 Å². The van der Waals surface area contributed by atoms with Crippen LogP contribution in [0.2, 0.25) is 0 Å². The van der Waals surface area contributed by atoms with Crippen LogP contribution >= 0.6 is 0 Å². The van der Waals surface area contributed by atoms with Gasteiger partial charge in [0, 0.05) is 18.0 Å². The number of terminal acetylenes is 1. The SMILES string of the molecule is C#CCCCCNC(C)c1ccc(C)cc1O. The minimum atomic E-state index is 0.168. The molecule has 0 aromatic heterocycles. The molecule has 0 heterocycles. The Hall–Kier alpha value is -1.46. The number of hydrogen-bond donors (Lipinski definition) is 2. The summed E-state index contributed by atoms with van der Waals surface area (Å²) in [5.41, 5.74) is 2.03. The molecular weight excluding hydrogens is 210 g/mol. The Labute approximate surface area is 104 Å². The molecular formula is C15H21NO. The molecule has 2 heteroatoms. The Morgan fingerprint density at radius 2 is 2.18 bits per heavy atom. The van der Waals surface area contributed by atoms with Gasteiger partial charge in [-0.3, -0.25) is 0 Å². The molecule has 1 atom stereocenters. The van der Waals surface area contributed by atoms with Crippen molar-refractivity contribution in [1.29, 1.82) is 0 Å². The van der Waals surface area contributed by atoms with Crippen LogP contribution < -0.4 is 5.32 Å². The highest BCUT2D eigenvalue weighted by atomic mass is 16.3. The van der Waals surface area contributed by atoms with Gasteiger partial charge in [-0.25, -0.2) is 0 Å². The van der Waals surface area contributed by atoms with Crippen molar-refractivity contribution in [2.24, 2.45) is 0 Å². The van der Waals surface area contributed by atoms with Gasteiger partial charge in [-0.15, -0.1) is 12.3 Å². The van der Waals surface area contributed by atoms with Crippen LogP contribution in [-0.4, -0.2) is 11.7 Å².